The van der Waals surface area contributed by atoms with Crippen LogP contribution in [0.4, 0.5) is 10.5 Å². The molecular formula is C16H13BrN2O3. The molecule has 2 atom stereocenters. The first-order valence-corrected chi connectivity index (χ1v) is 7.89. The number of rotatable bonds is 1. The van der Waals surface area contributed by atoms with Crippen molar-refractivity contribution in [1.82, 2.24) is 4.90 Å². The monoisotopic (exact) mass is 360 g/mol. The van der Waals surface area contributed by atoms with Gasteiger partial charge in [0.25, 0.3) is 5.91 Å². The molecule has 0 unspecified atom stereocenters. The standard InChI is InChI=1S/C16H13BrN2O3/c17-11-5-6-12(10-4-2-1-3-9(10)11)19-15(21)14-13(20)7-8-18(14)16(19)22/h1-6,13-14,20H,7-8H2/t13-,14-/m1/s1. The molecule has 0 saturated carbocycles. The van der Waals surface area contributed by atoms with Gasteiger partial charge >= 0.3 is 6.03 Å². The zero-order chi connectivity index (χ0) is 15.4. The van der Waals surface area contributed by atoms with E-state index in [0.29, 0.717) is 18.7 Å². The summed E-state index contributed by atoms with van der Waals surface area (Å²) in [5.41, 5.74) is 0.565. The SMILES string of the molecule is O=C1[C@H]2[C@H](O)CCN2C(=O)N1c1ccc(Br)c2ccccc12. The van der Waals surface area contributed by atoms with Crippen LogP contribution in [-0.4, -0.2) is 40.6 Å². The first-order chi connectivity index (χ1) is 10.6. The molecule has 0 bridgehead atoms. The maximum absolute atomic E-state index is 12.6. The summed E-state index contributed by atoms with van der Waals surface area (Å²) >= 11 is 3.49. The van der Waals surface area contributed by atoms with E-state index in [9.17, 15) is 14.7 Å². The number of halogens is 1. The Labute approximate surface area is 135 Å². The van der Waals surface area contributed by atoms with Crippen LogP contribution >= 0.6 is 15.9 Å². The summed E-state index contributed by atoms with van der Waals surface area (Å²) in [6.07, 6.45) is -0.319. The molecular weight excluding hydrogens is 348 g/mol. The van der Waals surface area contributed by atoms with Crippen LogP contribution in [0, 0.1) is 0 Å². The lowest BCUT2D eigenvalue weighted by molar-refractivity contribution is -0.121. The van der Waals surface area contributed by atoms with Gasteiger partial charge in [0.2, 0.25) is 0 Å². The minimum atomic E-state index is -0.775. The summed E-state index contributed by atoms with van der Waals surface area (Å²) in [7, 11) is 0. The normalized spacial score (nSPS) is 24.5. The van der Waals surface area contributed by atoms with Gasteiger partial charge in [0, 0.05) is 16.4 Å². The van der Waals surface area contributed by atoms with Crippen molar-refractivity contribution in [1.29, 1.82) is 0 Å². The molecule has 4 rings (SSSR count). The van der Waals surface area contributed by atoms with Crippen LogP contribution < -0.4 is 4.90 Å². The Morgan fingerprint density at radius 1 is 1.09 bits per heavy atom. The van der Waals surface area contributed by atoms with Crippen molar-refractivity contribution in [3.8, 4) is 0 Å². The number of carbonyl (C=O) groups excluding carboxylic acids is 2. The molecule has 2 aliphatic rings. The van der Waals surface area contributed by atoms with E-state index < -0.39 is 12.1 Å². The van der Waals surface area contributed by atoms with E-state index >= 15 is 0 Å². The van der Waals surface area contributed by atoms with E-state index in [1.165, 1.54) is 9.80 Å². The second kappa shape index (κ2) is 4.79. The zero-order valence-electron chi connectivity index (χ0n) is 11.6. The van der Waals surface area contributed by atoms with Crippen LogP contribution in [0.3, 0.4) is 0 Å². The van der Waals surface area contributed by atoms with E-state index in [-0.39, 0.29) is 11.9 Å². The van der Waals surface area contributed by atoms with Crippen molar-refractivity contribution in [2.45, 2.75) is 18.6 Å². The van der Waals surface area contributed by atoms with Gasteiger partial charge in [-0.1, -0.05) is 40.2 Å². The predicted octanol–water partition coefficient (Wildman–Crippen LogP) is 2.50. The highest BCUT2D eigenvalue weighted by Crippen LogP contribution is 2.37. The Kier molecular flexibility index (Phi) is 2.99. The third-order valence-corrected chi connectivity index (χ3v) is 5.06. The second-order valence-electron chi connectivity index (χ2n) is 5.56. The van der Waals surface area contributed by atoms with Crippen molar-refractivity contribution in [2.75, 3.05) is 11.4 Å². The molecule has 1 N–H and O–H groups in total. The number of amides is 3. The molecule has 5 nitrogen and oxygen atoms in total. The van der Waals surface area contributed by atoms with Gasteiger partial charge in [-0.15, -0.1) is 0 Å². The molecule has 2 aliphatic heterocycles. The van der Waals surface area contributed by atoms with Crippen molar-refractivity contribution in [3.63, 3.8) is 0 Å². The largest absolute Gasteiger partial charge is 0.390 e. The van der Waals surface area contributed by atoms with Gasteiger partial charge in [0.1, 0.15) is 6.04 Å². The Balaban J connectivity index is 1.88. The number of aliphatic hydroxyl groups excluding tert-OH is 1. The third kappa shape index (κ3) is 1.74. The molecule has 2 saturated heterocycles. The van der Waals surface area contributed by atoms with Gasteiger partial charge in [-0.2, -0.15) is 0 Å². The topological polar surface area (TPSA) is 60.9 Å². The number of benzene rings is 2. The van der Waals surface area contributed by atoms with E-state index in [1.807, 2.05) is 30.3 Å². The van der Waals surface area contributed by atoms with Crippen LogP contribution in [0.25, 0.3) is 10.8 Å². The van der Waals surface area contributed by atoms with Crippen LogP contribution in [0.1, 0.15) is 6.42 Å². The average molecular weight is 361 g/mol. The summed E-state index contributed by atoms with van der Waals surface area (Å²) in [6.45, 7) is 0.418. The van der Waals surface area contributed by atoms with Gasteiger partial charge in [-0.3, -0.25) is 4.79 Å². The number of nitrogens with zero attached hydrogens (tertiary/aromatic N) is 2. The van der Waals surface area contributed by atoms with E-state index in [1.54, 1.807) is 6.07 Å². The highest BCUT2D eigenvalue weighted by Gasteiger charge is 2.52. The second-order valence-corrected chi connectivity index (χ2v) is 6.42. The summed E-state index contributed by atoms with van der Waals surface area (Å²) in [4.78, 5) is 27.9. The van der Waals surface area contributed by atoms with Gasteiger partial charge in [0.05, 0.1) is 11.8 Å². The van der Waals surface area contributed by atoms with Crippen LogP contribution in [0.2, 0.25) is 0 Å². The van der Waals surface area contributed by atoms with Crippen molar-refractivity contribution >= 4 is 44.3 Å². The molecule has 2 aromatic carbocycles. The Bertz CT molecular complexity index is 807. The van der Waals surface area contributed by atoms with Gasteiger partial charge in [-0.05, 0) is 23.9 Å². The van der Waals surface area contributed by atoms with Crippen molar-refractivity contribution in [2.24, 2.45) is 0 Å². The molecule has 0 radical (unpaired) electrons. The van der Waals surface area contributed by atoms with E-state index in [4.69, 9.17) is 0 Å². The third-order valence-electron chi connectivity index (χ3n) is 4.37. The van der Waals surface area contributed by atoms with Gasteiger partial charge in [0.15, 0.2) is 0 Å². The first kappa shape index (κ1) is 13.7. The number of anilines is 1. The number of urea groups is 1. The lowest BCUT2D eigenvalue weighted by atomic mass is 10.1. The molecule has 0 aromatic heterocycles. The van der Waals surface area contributed by atoms with Crippen LogP contribution in [0.15, 0.2) is 40.9 Å². The summed E-state index contributed by atoms with van der Waals surface area (Å²) in [5, 5.41) is 11.7. The fourth-order valence-corrected chi connectivity index (χ4v) is 3.78. The minimum Gasteiger partial charge on any atom is -0.390 e. The van der Waals surface area contributed by atoms with Gasteiger partial charge in [-0.25, -0.2) is 9.69 Å². The minimum absolute atomic E-state index is 0.345. The summed E-state index contributed by atoms with van der Waals surface area (Å²) in [5.74, 6) is -0.345. The van der Waals surface area contributed by atoms with Crippen molar-refractivity contribution in [3.05, 3.63) is 40.9 Å². The summed E-state index contributed by atoms with van der Waals surface area (Å²) in [6, 6.07) is 10.1. The Morgan fingerprint density at radius 2 is 1.82 bits per heavy atom. The molecule has 22 heavy (non-hydrogen) atoms. The van der Waals surface area contributed by atoms with Crippen LogP contribution in [-0.2, 0) is 4.79 Å². The number of fused-ring (bicyclic) bond motifs is 2. The molecule has 0 spiro atoms. The number of hydrogen-bond donors (Lipinski definition) is 1. The smallest absolute Gasteiger partial charge is 0.332 e. The predicted molar refractivity (Wildman–Crippen MR) is 85.6 cm³/mol. The molecule has 2 fully saturated rings. The highest BCUT2D eigenvalue weighted by atomic mass is 79.9. The first-order valence-electron chi connectivity index (χ1n) is 7.09. The molecule has 0 aliphatic carbocycles. The number of aliphatic hydroxyl groups is 1. The fourth-order valence-electron chi connectivity index (χ4n) is 3.31. The average Bonchev–Trinajstić information content (AvgIpc) is 3.02. The quantitative estimate of drug-likeness (QED) is 0.794. The Hall–Kier alpha value is -1.92. The highest BCUT2D eigenvalue weighted by molar-refractivity contribution is 9.10. The number of carbonyl (C=O) groups is 2. The Morgan fingerprint density at radius 3 is 2.55 bits per heavy atom. The maximum Gasteiger partial charge on any atom is 0.332 e. The number of hydrogen-bond acceptors (Lipinski definition) is 3. The fraction of sp³-hybridized carbons (Fsp3) is 0.250. The van der Waals surface area contributed by atoms with Gasteiger partial charge < -0.3 is 10.0 Å². The lowest BCUT2D eigenvalue weighted by Crippen LogP contribution is -2.36. The van der Waals surface area contributed by atoms with Crippen molar-refractivity contribution < 1.29 is 14.7 Å². The molecule has 3 amide bonds. The molecule has 2 heterocycles. The summed E-state index contributed by atoms with van der Waals surface area (Å²) < 4.78 is 0.909. The molecule has 112 valence electrons. The van der Waals surface area contributed by atoms with E-state index in [2.05, 4.69) is 15.9 Å². The zero-order valence-corrected chi connectivity index (χ0v) is 13.2. The van der Waals surface area contributed by atoms with Crippen LogP contribution in [0.5, 0.6) is 0 Å². The van der Waals surface area contributed by atoms with E-state index in [0.717, 1.165) is 15.2 Å². The molecule has 2 aromatic rings. The molecule has 6 heteroatoms. The number of imide groups is 1. The lowest BCUT2D eigenvalue weighted by Gasteiger charge is -2.18. The maximum atomic E-state index is 12.6.